The van der Waals surface area contributed by atoms with Crippen molar-refractivity contribution in [1.82, 2.24) is 9.88 Å². The largest absolute Gasteiger partial charge is 0.489 e. The maximum atomic E-state index is 12.8. The summed E-state index contributed by atoms with van der Waals surface area (Å²) in [5.41, 5.74) is 4.18. The molecule has 0 atom stereocenters. The Labute approximate surface area is 209 Å². The fourth-order valence-electron chi connectivity index (χ4n) is 4.36. The third-order valence-corrected chi connectivity index (χ3v) is 7.11. The van der Waals surface area contributed by atoms with Gasteiger partial charge in [-0.05, 0) is 47.7 Å². The van der Waals surface area contributed by atoms with Crippen molar-refractivity contribution in [2.75, 3.05) is 19.8 Å². The summed E-state index contributed by atoms with van der Waals surface area (Å²) in [6.07, 6.45) is 5.42. The van der Waals surface area contributed by atoms with Crippen LogP contribution in [0.5, 0.6) is 11.5 Å². The van der Waals surface area contributed by atoms with E-state index in [4.69, 9.17) is 9.47 Å². The van der Waals surface area contributed by atoms with Gasteiger partial charge in [-0.15, -0.1) is 17.9 Å². The highest BCUT2D eigenvalue weighted by atomic mass is 32.1. The number of benzene rings is 2. The summed E-state index contributed by atoms with van der Waals surface area (Å²) in [6, 6.07) is 18.5. The predicted molar refractivity (Wildman–Crippen MR) is 141 cm³/mol. The van der Waals surface area contributed by atoms with Crippen molar-refractivity contribution in [3.8, 4) is 22.6 Å². The van der Waals surface area contributed by atoms with Gasteiger partial charge in [0.2, 0.25) is 5.91 Å². The third kappa shape index (κ3) is 5.23. The number of hydrogen-bond donors (Lipinski definition) is 0. The van der Waals surface area contributed by atoms with Crippen LogP contribution in [-0.4, -0.2) is 35.5 Å². The topological polar surface area (TPSA) is 51.7 Å². The molecular weight excluding hydrogens is 456 g/mol. The summed E-state index contributed by atoms with van der Waals surface area (Å²) < 4.78 is 13.7. The second kappa shape index (κ2) is 10.7. The Hall–Kier alpha value is -3.64. The van der Waals surface area contributed by atoms with Crippen LogP contribution in [-0.2, 0) is 17.8 Å². The van der Waals surface area contributed by atoms with E-state index >= 15 is 0 Å². The van der Waals surface area contributed by atoms with Crippen molar-refractivity contribution in [2.24, 2.45) is 0 Å². The van der Waals surface area contributed by atoms with E-state index in [2.05, 4.69) is 53.3 Å². The summed E-state index contributed by atoms with van der Waals surface area (Å²) in [5.74, 6) is 1.56. The Morgan fingerprint density at radius 3 is 2.94 bits per heavy atom. The minimum absolute atomic E-state index is 0.116. The van der Waals surface area contributed by atoms with Gasteiger partial charge >= 0.3 is 0 Å². The zero-order valence-electron chi connectivity index (χ0n) is 19.6. The second-order valence-electron chi connectivity index (χ2n) is 8.52. The van der Waals surface area contributed by atoms with Gasteiger partial charge in [0.25, 0.3) is 0 Å². The molecule has 0 saturated carbocycles. The van der Waals surface area contributed by atoms with Crippen LogP contribution in [0.3, 0.4) is 0 Å². The van der Waals surface area contributed by atoms with Crippen LogP contribution in [0.25, 0.3) is 21.2 Å². The smallest absolute Gasteiger partial charge is 0.223 e. The molecule has 1 amide bonds. The minimum atomic E-state index is 0.116. The van der Waals surface area contributed by atoms with Crippen molar-refractivity contribution < 1.29 is 14.3 Å². The maximum Gasteiger partial charge on any atom is 0.223 e. The first-order chi connectivity index (χ1) is 17.2. The van der Waals surface area contributed by atoms with Crippen LogP contribution in [0.2, 0.25) is 0 Å². The van der Waals surface area contributed by atoms with Gasteiger partial charge in [0.15, 0.2) is 11.5 Å². The molecule has 2 aromatic heterocycles. The number of aromatic nitrogens is 1. The first kappa shape index (κ1) is 23.1. The standard InChI is InChI=1S/C29H28N2O3S/c1-2-3-11-28(32)31-14-16-34-29-22(19-31)17-21(25-20-35-27-10-5-4-9-24(25)27)18-26(29)33-15-12-23-8-6-7-13-30-23/h2,4-10,13,17-18,20H,1,3,11-12,14-16,19H2. The molecule has 0 radical (unpaired) electrons. The predicted octanol–water partition coefficient (Wildman–Crippen LogP) is 6.27. The Morgan fingerprint density at radius 2 is 2.09 bits per heavy atom. The molecule has 0 aliphatic carbocycles. The van der Waals surface area contributed by atoms with Gasteiger partial charge in [-0.2, -0.15) is 0 Å². The first-order valence-electron chi connectivity index (χ1n) is 11.9. The highest BCUT2D eigenvalue weighted by Crippen LogP contribution is 2.42. The monoisotopic (exact) mass is 484 g/mol. The SMILES string of the molecule is C=CCCC(=O)N1CCOc2c(cc(-c3csc4ccccc34)cc2OCCc2ccccn2)C1. The van der Waals surface area contributed by atoms with E-state index in [0.717, 1.165) is 28.1 Å². The number of carbonyl (C=O) groups is 1. The van der Waals surface area contributed by atoms with Gasteiger partial charge in [0.1, 0.15) is 6.61 Å². The molecule has 5 rings (SSSR count). The van der Waals surface area contributed by atoms with Crippen molar-refractivity contribution in [2.45, 2.75) is 25.8 Å². The number of carbonyl (C=O) groups excluding carboxylic acids is 1. The number of amides is 1. The summed E-state index contributed by atoms with van der Waals surface area (Å²) >= 11 is 1.73. The summed E-state index contributed by atoms with van der Waals surface area (Å²) in [4.78, 5) is 19.1. The molecule has 4 aromatic rings. The number of fused-ring (bicyclic) bond motifs is 2. The highest BCUT2D eigenvalue weighted by Gasteiger charge is 2.24. The molecule has 6 heteroatoms. The van der Waals surface area contributed by atoms with Crippen LogP contribution in [0.4, 0.5) is 0 Å². The van der Waals surface area contributed by atoms with Gasteiger partial charge in [-0.1, -0.05) is 30.3 Å². The molecule has 3 heterocycles. The summed E-state index contributed by atoms with van der Waals surface area (Å²) in [5, 5.41) is 3.40. The third-order valence-electron chi connectivity index (χ3n) is 6.15. The molecule has 2 aromatic carbocycles. The van der Waals surface area contributed by atoms with Gasteiger partial charge in [0.05, 0.1) is 13.2 Å². The van der Waals surface area contributed by atoms with Crippen molar-refractivity contribution in [3.63, 3.8) is 0 Å². The number of rotatable bonds is 8. The molecule has 0 saturated heterocycles. The lowest BCUT2D eigenvalue weighted by molar-refractivity contribution is -0.131. The van der Waals surface area contributed by atoms with Gasteiger partial charge in [-0.3, -0.25) is 9.78 Å². The molecular formula is C29H28N2O3S. The number of thiophene rings is 1. The Balaban J connectivity index is 1.49. The van der Waals surface area contributed by atoms with E-state index in [1.165, 1.54) is 10.1 Å². The van der Waals surface area contributed by atoms with Crippen LogP contribution in [0, 0.1) is 0 Å². The summed E-state index contributed by atoms with van der Waals surface area (Å²) in [6.45, 7) is 5.72. The molecule has 35 heavy (non-hydrogen) atoms. The number of hydrogen-bond acceptors (Lipinski definition) is 5. The lowest BCUT2D eigenvalue weighted by Crippen LogP contribution is -2.32. The van der Waals surface area contributed by atoms with Gasteiger partial charge < -0.3 is 14.4 Å². The average molecular weight is 485 g/mol. The highest BCUT2D eigenvalue weighted by molar-refractivity contribution is 7.17. The summed E-state index contributed by atoms with van der Waals surface area (Å²) in [7, 11) is 0. The second-order valence-corrected chi connectivity index (χ2v) is 9.43. The zero-order chi connectivity index (χ0) is 24.0. The van der Waals surface area contributed by atoms with Crippen molar-refractivity contribution >= 4 is 27.3 Å². The molecule has 0 unspecified atom stereocenters. The number of ether oxygens (including phenoxy) is 2. The van der Waals surface area contributed by atoms with Crippen LogP contribution in [0.1, 0.15) is 24.1 Å². The quantitative estimate of drug-likeness (QED) is 0.277. The van der Waals surface area contributed by atoms with E-state index in [0.29, 0.717) is 51.3 Å². The van der Waals surface area contributed by atoms with Crippen LogP contribution in [0.15, 0.2) is 78.8 Å². The molecule has 0 fully saturated rings. The molecule has 1 aliphatic rings. The lowest BCUT2D eigenvalue weighted by Gasteiger charge is -2.20. The first-order valence-corrected chi connectivity index (χ1v) is 12.8. The van der Waals surface area contributed by atoms with Gasteiger partial charge in [0, 0.05) is 52.5 Å². The van der Waals surface area contributed by atoms with E-state index in [-0.39, 0.29) is 5.91 Å². The number of allylic oxidation sites excluding steroid dienone is 1. The molecule has 178 valence electrons. The van der Waals surface area contributed by atoms with E-state index < -0.39 is 0 Å². The van der Waals surface area contributed by atoms with Crippen LogP contribution < -0.4 is 9.47 Å². The van der Waals surface area contributed by atoms with Crippen molar-refractivity contribution in [1.29, 1.82) is 0 Å². The molecule has 0 N–H and O–H groups in total. The Bertz CT molecular complexity index is 1330. The molecule has 0 bridgehead atoms. The van der Waals surface area contributed by atoms with Gasteiger partial charge in [-0.25, -0.2) is 0 Å². The average Bonchev–Trinajstić information content (AvgIpc) is 3.20. The Morgan fingerprint density at radius 1 is 1.20 bits per heavy atom. The van der Waals surface area contributed by atoms with Crippen LogP contribution >= 0.6 is 11.3 Å². The minimum Gasteiger partial charge on any atom is -0.489 e. The zero-order valence-corrected chi connectivity index (χ0v) is 20.4. The van der Waals surface area contributed by atoms with E-state index in [9.17, 15) is 4.79 Å². The maximum absolute atomic E-state index is 12.8. The molecule has 0 spiro atoms. The lowest BCUT2D eigenvalue weighted by atomic mass is 10.0. The fraction of sp³-hybridized carbons (Fsp3) is 0.241. The normalized spacial score (nSPS) is 13.1. The van der Waals surface area contributed by atoms with E-state index in [1.54, 1.807) is 23.6 Å². The molecule has 5 nitrogen and oxygen atoms in total. The number of pyridine rings is 1. The van der Waals surface area contributed by atoms with E-state index in [1.807, 2.05) is 23.1 Å². The van der Waals surface area contributed by atoms with Crippen molar-refractivity contribution in [3.05, 3.63) is 90.1 Å². The molecule has 1 aliphatic heterocycles. The fourth-order valence-corrected chi connectivity index (χ4v) is 5.33. The Kier molecular flexibility index (Phi) is 7.09. The number of nitrogens with zero attached hydrogens (tertiary/aromatic N) is 2.